The quantitative estimate of drug-likeness (QED) is 0.452. The summed E-state index contributed by atoms with van der Waals surface area (Å²) < 4.78 is 17.2. The van der Waals surface area contributed by atoms with Gasteiger partial charge in [0.1, 0.15) is 5.82 Å². The predicted molar refractivity (Wildman–Crippen MR) is 56.5 cm³/mol. The van der Waals surface area contributed by atoms with Crippen molar-refractivity contribution in [2.45, 2.75) is 6.92 Å². The van der Waals surface area contributed by atoms with E-state index in [2.05, 4.69) is 4.74 Å². The molecule has 0 bridgehead atoms. The number of Topliss-reactive ketones (excluding diaryl/α,β-unsaturated/α-hetero) is 1. The van der Waals surface area contributed by atoms with Crippen molar-refractivity contribution in [2.24, 2.45) is 5.92 Å². The number of hydrogen-bond donors (Lipinski definition) is 0. The molecule has 4 nitrogen and oxygen atoms in total. The molecule has 17 heavy (non-hydrogen) atoms. The molecule has 88 valence electrons. The van der Waals surface area contributed by atoms with Gasteiger partial charge in [-0.1, -0.05) is 0 Å². The van der Waals surface area contributed by atoms with Crippen LogP contribution in [0.1, 0.15) is 17.3 Å². The molecule has 1 aromatic carbocycles. The number of carbonyl (C=O) groups excluding carboxylic acids is 2. The summed E-state index contributed by atoms with van der Waals surface area (Å²) in [6, 6.07) is 6.21. The molecule has 1 atom stereocenters. The zero-order valence-corrected chi connectivity index (χ0v) is 9.14. The molecule has 0 saturated carbocycles. The van der Waals surface area contributed by atoms with Crippen molar-refractivity contribution in [3.05, 3.63) is 35.6 Å². The Morgan fingerprint density at radius 1 is 1.41 bits per heavy atom. The summed E-state index contributed by atoms with van der Waals surface area (Å²) in [7, 11) is 0. The van der Waals surface area contributed by atoms with Gasteiger partial charge in [0.2, 0.25) is 5.92 Å². The van der Waals surface area contributed by atoms with Crippen LogP contribution < -0.4 is 0 Å². The maximum absolute atomic E-state index is 12.6. The number of carbonyl (C=O) groups is 2. The summed E-state index contributed by atoms with van der Waals surface area (Å²) in [4.78, 5) is 23.1. The van der Waals surface area contributed by atoms with Crippen LogP contribution in [0.4, 0.5) is 4.39 Å². The number of nitrogens with zero attached hydrogens (tertiary/aromatic N) is 1. The van der Waals surface area contributed by atoms with Gasteiger partial charge in [-0.2, -0.15) is 5.26 Å². The van der Waals surface area contributed by atoms with Gasteiger partial charge in [0.25, 0.3) is 0 Å². The van der Waals surface area contributed by atoms with E-state index in [0.717, 1.165) is 12.1 Å². The Morgan fingerprint density at radius 2 is 2.00 bits per heavy atom. The molecule has 1 aromatic rings. The van der Waals surface area contributed by atoms with Crippen molar-refractivity contribution in [3.63, 3.8) is 0 Å². The number of nitriles is 1. The van der Waals surface area contributed by atoms with Gasteiger partial charge in [-0.15, -0.1) is 0 Å². The van der Waals surface area contributed by atoms with E-state index in [4.69, 9.17) is 5.26 Å². The normalized spacial score (nSPS) is 11.4. The molecule has 1 rings (SSSR count). The lowest BCUT2D eigenvalue weighted by Gasteiger charge is -2.07. The van der Waals surface area contributed by atoms with Crippen molar-refractivity contribution < 1.29 is 18.7 Å². The molecule has 0 aromatic heterocycles. The number of hydrogen-bond acceptors (Lipinski definition) is 4. The van der Waals surface area contributed by atoms with Crippen LogP contribution in [0, 0.1) is 23.1 Å². The molecule has 0 unspecified atom stereocenters. The van der Waals surface area contributed by atoms with Gasteiger partial charge < -0.3 is 4.74 Å². The van der Waals surface area contributed by atoms with Crippen molar-refractivity contribution in [3.8, 4) is 6.07 Å². The summed E-state index contributed by atoms with van der Waals surface area (Å²) in [5, 5.41) is 8.76. The minimum atomic E-state index is -1.50. The Bertz CT molecular complexity index is 462. The average molecular weight is 235 g/mol. The lowest BCUT2D eigenvalue weighted by atomic mass is 9.99. The van der Waals surface area contributed by atoms with Crippen LogP contribution in [0.15, 0.2) is 24.3 Å². The highest BCUT2D eigenvalue weighted by Crippen LogP contribution is 2.11. The second-order valence-corrected chi connectivity index (χ2v) is 3.19. The molecule has 0 spiro atoms. The molecule has 0 aliphatic rings. The van der Waals surface area contributed by atoms with E-state index in [9.17, 15) is 14.0 Å². The topological polar surface area (TPSA) is 67.2 Å². The first-order valence-corrected chi connectivity index (χ1v) is 4.96. The Hall–Kier alpha value is -2.22. The number of rotatable bonds is 4. The van der Waals surface area contributed by atoms with Crippen LogP contribution in [0.5, 0.6) is 0 Å². The zero-order valence-electron chi connectivity index (χ0n) is 9.14. The minimum absolute atomic E-state index is 0.0910. The lowest BCUT2D eigenvalue weighted by Crippen LogP contribution is -2.24. The summed E-state index contributed by atoms with van der Waals surface area (Å²) >= 11 is 0. The third-order valence-corrected chi connectivity index (χ3v) is 2.04. The molecule has 0 fully saturated rings. The van der Waals surface area contributed by atoms with Crippen LogP contribution in [0.3, 0.4) is 0 Å². The molecule has 0 radical (unpaired) electrons. The number of halogens is 1. The number of ether oxygens (including phenoxy) is 1. The third-order valence-electron chi connectivity index (χ3n) is 2.04. The fourth-order valence-corrected chi connectivity index (χ4v) is 1.22. The Balaban J connectivity index is 2.91. The van der Waals surface area contributed by atoms with Crippen LogP contribution in [-0.2, 0) is 9.53 Å². The van der Waals surface area contributed by atoms with Crippen LogP contribution in [0.2, 0.25) is 0 Å². The Morgan fingerprint density at radius 3 is 2.47 bits per heavy atom. The van der Waals surface area contributed by atoms with Gasteiger partial charge in [-0.05, 0) is 31.2 Å². The predicted octanol–water partition coefficient (Wildman–Crippen LogP) is 1.71. The fourth-order valence-electron chi connectivity index (χ4n) is 1.22. The molecule has 0 saturated heterocycles. The van der Waals surface area contributed by atoms with Crippen LogP contribution in [0.25, 0.3) is 0 Å². The second-order valence-electron chi connectivity index (χ2n) is 3.19. The van der Waals surface area contributed by atoms with Gasteiger partial charge >= 0.3 is 5.97 Å². The minimum Gasteiger partial charge on any atom is -0.465 e. The first-order valence-electron chi connectivity index (χ1n) is 4.96. The van der Waals surface area contributed by atoms with Crippen molar-refractivity contribution >= 4 is 11.8 Å². The van der Waals surface area contributed by atoms with Crippen LogP contribution in [-0.4, -0.2) is 18.4 Å². The monoisotopic (exact) mass is 235 g/mol. The van der Waals surface area contributed by atoms with E-state index in [0.29, 0.717) is 0 Å². The van der Waals surface area contributed by atoms with Gasteiger partial charge in [0.15, 0.2) is 5.78 Å². The van der Waals surface area contributed by atoms with E-state index < -0.39 is 23.5 Å². The standard InChI is InChI=1S/C12H10FNO3/c1-2-17-12(16)10(7-14)11(15)8-3-5-9(13)6-4-8/h3-6,10H,2H2,1H3/t10-/m0/s1. The first-order chi connectivity index (χ1) is 8.10. The fraction of sp³-hybridized carbons (Fsp3) is 0.250. The maximum Gasteiger partial charge on any atom is 0.331 e. The molecule has 0 N–H and O–H groups in total. The van der Waals surface area contributed by atoms with Gasteiger partial charge in [-0.25, -0.2) is 4.39 Å². The van der Waals surface area contributed by atoms with Gasteiger partial charge in [0, 0.05) is 5.56 Å². The van der Waals surface area contributed by atoms with E-state index in [1.807, 2.05) is 0 Å². The smallest absolute Gasteiger partial charge is 0.331 e. The van der Waals surface area contributed by atoms with E-state index in [1.54, 1.807) is 13.0 Å². The lowest BCUT2D eigenvalue weighted by molar-refractivity contribution is -0.144. The highest BCUT2D eigenvalue weighted by molar-refractivity contribution is 6.10. The van der Waals surface area contributed by atoms with Crippen LogP contribution >= 0.6 is 0 Å². The summed E-state index contributed by atoms with van der Waals surface area (Å²) in [6.45, 7) is 1.67. The second kappa shape index (κ2) is 5.75. The molecule has 0 amide bonds. The van der Waals surface area contributed by atoms with Crippen molar-refractivity contribution in [1.82, 2.24) is 0 Å². The first kappa shape index (κ1) is 12.8. The number of ketones is 1. The van der Waals surface area contributed by atoms with E-state index >= 15 is 0 Å². The highest BCUT2D eigenvalue weighted by atomic mass is 19.1. The molecular weight excluding hydrogens is 225 g/mol. The summed E-state index contributed by atoms with van der Waals surface area (Å²) in [5.74, 6) is -3.57. The van der Waals surface area contributed by atoms with E-state index in [1.165, 1.54) is 12.1 Å². The number of benzene rings is 1. The molecule has 0 aliphatic heterocycles. The average Bonchev–Trinajstić information content (AvgIpc) is 2.31. The molecule has 5 heteroatoms. The molecular formula is C12H10FNO3. The van der Waals surface area contributed by atoms with Crippen molar-refractivity contribution in [2.75, 3.05) is 6.61 Å². The summed E-state index contributed by atoms with van der Waals surface area (Å²) in [5.41, 5.74) is 0.103. The largest absolute Gasteiger partial charge is 0.465 e. The maximum atomic E-state index is 12.6. The van der Waals surface area contributed by atoms with E-state index in [-0.39, 0.29) is 12.2 Å². The zero-order chi connectivity index (χ0) is 12.8. The SMILES string of the molecule is CCOC(=O)[C@@H](C#N)C(=O)c1ccc(F)cc1. The number of esters is 1. The van der Waals surface area contributed by atoms with Gasteiger partial charge in [0.05, 0.1) is 12.7 Å². The van der Waals surface area contributed by atoms with Crippen molar-refractivity contribution in [1.29, 1.82) is 5.26 Å². The highest BCUT2D eigenvalue weighted by Gasteiger charge is 2.28. The van der Waals surface area contributed by atoms with Gasteiger partial charge in [-0.3, -0.25) is 9.59 Å². The molecule has 0 aliphatic carbocycles. The summed E-state index contributed by atoms with van der Waals surface area (Å²) in [6.07, 6.45) is 0. The Labute approximate surface area is 97.6 Å². The molecule has 0 heterocycles. The Kier molecular flexibility index (Phi) is 4.35. The third kappa shape index (κ3) is 3.11.